The molecule has 3 rings (SSSR count). The van der Waals surface area contributed by atoms with E-state index in [4.69, 9.17) is 4.74 Å². The van der Waals surface area contributed by atoms with Crippen LogP contribution >= 0.6 is 22.6 Å². The molecule has 3 nitrogen and oxygen atoms in total. The average molecular weight is 490 g/mol. The van der Waals surface area contributed by atoms with Gasteiger partial charge in [-0.15, -0.1) is 0 Å². The van der Waals surface area contributed by atoms with Crippen molar-refractivity contribution in [3.05, 3.63) is 0 Å². The number of carbonyl (C=O) groups is 1. The summed E-state index contributed by atoms with van der Waals surface area (Å²) in [4.78, 5) is 12.4. The Balaban J connectivity index is 1.69. The van der Waals surface area contributed by atoms with E-state index in [-0.39, 0.29) is 37.0 Å². The molecule has 1 N–H and O–H groups in total. The van der Waals surface area contributed by atoms with Crippen LogP contribution in [0.15, 0.2) is 0 Å². The van der Waals surface area contributed by atoms with Gasteiger partial charge < -0.3 is 0 Å². The number of hydrogen-bond acceptors (Lipinski definition) is 3. The molecule has 3 fully saturated rings. The Morgan fingerprint density at radius 1 is 1.21 bits per heavy atom. The van der Waals surface area contributed by atoms with Crippen LogP contribution in [-0.4, -0.2) is 19.5 Å². The van der Waals surface area contributed by atoms with Gasteiger partial charge in [0.25, 0.3) is 0 Å². The number of rotatable bonds is 4. The van der Waals surface area contributed by atoms with E-state index >= 15 is 0 Å². The number of ether oxygens (including phenoxy) is 1. The first-order valence-electron chi connectivity index (χ1n) is 7.46. The van der Waals surface area contributed by atoms with Crippen molar-refractivity contribution in [1.82, 2.24) is 3.53 Å². The Kier molecular flexibility index (Phi) is 4.94. The maximum absolute atomic E-state index is 12.4. The predicted octanol–water partition coefficient (Wildman–Crippen LogP) is 0.160. The molecular weight excluding hydrogens is 468 g/mol. The molecule has 2 saturated carbocycles. The van der Waals surface area contributed by atoms with Crippen LogP contribution in [0.2, 0.25) is 0 Å². The van der Waals surface area contributed by atoms with Crippen molar-refractivity contribution < 1.29 is 31.0 Å². The second-order valence-electron chi connectivity index (χ2n) is 6.05. The third-order valence-electron chi connectivity index (χ3n) is 4.82. The Morgan fingerprint density at radius 2 is 1.84 bits per heavy atom. The summed E-state index contributed by atoms with van der Waals surface area (Å²) in [5, 5.41) is 0. The van der Waals surface area contributed by atoms with Crippen molar-refractivity contribution in [2.45, 2.75) is 71.4 Å². The quantitative estimate of drug-likeness (QED) is 0.153. The van der Waals surface area contributed by atoms with Crippen LogP contribution in [0.5, 0.6) is 0 Å². The summed E-state index contributed by atoms with van der Waals surface area (Å²) in [7, 11) is 0. The molecule has 110 valence electrons. The van der Waals surface area contributed by atoms with Gasteiger partial charge in [-0.25, -0.2) is 0 Å². The van der Waals surface area contributed by atoms with Gasteiger partial charge in [0, 0.05) is 0 Å². The van der Waals surface area contributed by atoms with E-state index in [0.717, 1.165) is 12.8 Å². The van der Waals surface area contributed by atoms with Crippen molar-refractivity contribution >= 4 is 28.6 Å². The fourth-order valence-corrected chi connectivity index (χ4v) is 6.80. The molecule has 5 heteroatoms. The van der Waals surface area contributed by atoms with Gasteiger partial charge in [0.2, 0.25) is 0 Å². The minimum atomic E-state index is -0.0948. The number of hydrogen-bond donors (Lipinski definition) is 1. The number of nitrogens with one attached hydrogen (secondary N) is 1. The second-order valence-corrected chi connectivity index (χ2v) is 9.98. The van der Waals surface area contributed by atoms with Gasteiger partial charge in [0.1, 0.15) is 0 Å². The Morgan fingerprint density at radius 3 is 2.42 bits per heavy atom. The van der Waals surface area contributed by atoms with E-state index in [1.165, 1.54) is 44.9 Å². The monoisotopic (exact) mass is 490 g/mol. The van der Waals surface area contributed by atoms with E-state index in [2.05, 4.69) is 26.1 Å². The SMILES string of the molecule is O=C(OC1(C2CCCC2)CCCCC1)C(I)C1N[I-]1. The molecule has 0 radical (unpaired) electrons. The number of esters is 1. The van der Waals surface area contributed by atoms with E-state index in [1.807, 2.05) is 0 Å². The summed E-state index contributed by atoms with van der Waals surface area (Å²) in [6, 6.07) is 0. The van der Waals surface area contributed by atoms with Gasteiger partial charge in [-0.05, 0) is 0 Å². The molecule has 0 aromatic rings. The zero-order chi connectivity index (χ0) is 13.3. The van der Waals surface area contributed by atoms with Crippen molar-refractivity contribution in [3.63, 3.8) is 0 Å². The van der Waals surface area contributed by atoms with Crippen molar-refractivity contribution in [2.24, 2.45) is 5.92 Å². The molecule has 0 amide bonds. The maximum atomic E-state index is 12.4. The predicted molar refractivity (Wildman–Crippen MR) is 78.6 cm³/mol. The summed E-state index contributed by atoms with van der Waals surface area (Å²) in [5.41, 5.74) is -0.0948. The van der Waals surface area contributed by atoms with Crippen molar-refractivity contribution in [2.75, 3.05) is 0 Å². The molecule has 0 aromatic heterocycles. The molecule has 0 spiro atoms. The summed E-state index contributed by atoms with van der Waals surface area (Å²) in [5.74, 6) is 0.700. The number of carbonyl (C=O) groups excluding carboxylic acids is 1. The zero-order valence-corrected chi connectivity index (χ0v) is 15.5. The molecular formula is C14H22I2NO2-. The van der Waals surface area contributed by atoms with Gasteiger partial charge in [0.05, 0.1) is 0 Å². The molecule has 1 aliphatic heterocycles. The molecule has 2 aliphatic carbocycles. The van der Waals surface area contributed by atoms with Gasteiger partial charge >= 0.3 is 140 Å². The normalized spacial score (nSPS) is 32.4. The van der Waals surface area contributed by atoms with E-state index in [0.29, 0.717) is 9.97 Å². The summed E-state index contributed by atoms with van der Waals surface area (Å²) in [6.07, 6.45) is 11.2. The third-order valence-corrected chi connectivity index (χ3v) is 9.49. The average Bonchev–Trinajstić information content (AvgIpc) is 3.12. The van der Waals surface area contributed by atoms with Crippen LogP contribution in [0.1, 0.15) is 57.8 Å². The fourth-order valence-electron chi connectivity index (χ4n) is 3.72. The first-order chi connectivity index (χ1) is 9.21. The summed E-state index contributed by atoms with van der Waals surface area (Å²) >= 11 is 2.37. The van der Waals surface area contributed by atoms with Crippen LogP contribution in [0.25, 0.3) is 0 Å². The van der Waals surface area contributed by atoms with Gasteiger partial charge in [-0.2, -0.15) is 0 Å². The third kappa shape index (κ3) is 3.39. The van der Waals surface area contributed by atoms with E-state index in [9.17, 15) is 4.79 Å². The number of halogens is 2. The van der Waals surface area contributed by atoms with Crippen molar-refractivity contribution in [1.29, 1.82) is 0 Å². The molecule has 1 heterocycles. The molecule has 0 aromatic carbocycles. The molecule has 3 aliphatic rings. The first kappa shape index (κ1) is 14.8. The summed E-state index contributed by atoms with van der Waals surface area (Å²) < 4.78 is 10.0. The summed E-state index contributed by atoms with van der Waals surface area (Å²) in [6.45, 7) is 0. The Labute approximate surface area is 139 Å². The Bertz CT molecular complexity index is 334. The molecule has 19 heavy (non-hydrogen) atoms. The standard InChI is InChI=1S/C14H22I2NO2/c15-11(12-16-17-12)13(18)19-14(8-4-1-5-9-14)10-6-2-3-7-10/h10-12,17H,1-9H2/q-1. The Hall–Kier alpha value is 0.890. The van der Waals surface area contributed by atoms with Gasteiger partial charge in [0.15, 0.2) is 0 Å². The van der Waals surface area contributed by atoms with Gasteiger partial charge in [-0.3, -0.25) is 0 Å². The molecule has 2 unspecified atom stereocenters. The fraction of sp³-hybridized carbons (Fsp3) is 0.929. The van der Waals surface area contributed by atoms with Crippen LogP contribution in [0.3, 0.4) is 0 Å². The minimum absolute atomic E-state index is 0.0469. The van der Waals surface area contributed by atoms with Gasteiger partial charge in [-0.1, -0.05) is 0 Å². The molecule has 0 bridgehead atoms. The zero-order valence-electron chi connectivity index (χ0n) is 11.2. The topological polar surface area (TPSA) is 48.2 Å². The molecule has 1 saturated heterocycles. The first-order valence-corrected chi connectivity index (χ1v) is 11.0. The van der Waals surface area contributed by atoms with Crippen LogP contribution < -0.4 is 25.0 Å². The van der Waals surface area contributed by atoms with E-state index in [1.54, 1.807) is 0 Å². The van der Waals surface area contributed by atoms with Crippen LogP contribution in [0.4, 0.5) is 0 Å². The van der Waals surface area contributed by atoms with Crippen LogP contribution in [0, 0.1) is 5.92 Å². The number of alkyl halides is 2. The molecule has 2 atom stereocenters. The van der Waals surface area contributed by atoms with Crippen LogP contribution in [-0.2, 0) is 9.53 Å². The second kappa shape index (κ2) is 6.34. The van der Waals surface area contributed by atoms with E-state index < -0.39 is 0 Å². The van der Waals surface area contributed by atoms with Crippen molar-refractivity contribution in [3.8, 4) is 0 Å².